The Balaban J connectivity index is 1.46. The van der Waals surface area contributed by atoms with Gasteiger partial charge in [-0.05, 0) is 61.4 Å². The van der Waals surface area contributed by atoms with Crippen LogP contribution >= 0.6 is 0 Å². The molecule has 3 rings (SSSR count). The minimum absolute atomic E-state index is 0.0193. The largest absolute Gasteiger partial charge is 0.508 e. The summed E-state index contributed by atoms with van der Waals surface area (Å²) in [5, 5.41) is 29.3. The normalized spacial score (nSPS) is 19.1. The molecule has 1 heterocycles. The Hall–Kier alpha value is -3.32. The van der Waals surface area contributed by atoms with Crippen molar-refractivity contribution in [3.63, 3.8) is 0 Å². The van der Waals surface area contributed by atoms with E-state index < -0.39 is 55.1 Å². The van der Waals surface area contributed by atoms with Crippen molar-refractivity contribution in [3.8, 4) is 17.2 Å². The third-order valence-electron chi connectivity index (χ3n) is 9.81. The number of phenols is 2. The molecule has 0 spiro atoms. The average molecular weight is 729 g/mol. The Kier molecular flexibility index (Phi) is 13.8. The molecule has 5 nitrogen and oxygen atoms in total. The molecule has 0 aliphatic carbocycles. The second-order valence-corrected chi connectivity index (χ2v) is 13.3. The van der Waals surface area contributed by atoms with Gasteiger partial charge in [0.25, 0.3) is 0 Å². The summed E-state index contributed by atoms with van der Waals surface area (Å²) in [5.41, 5.74) is 1.74. The number of unbranched alkanes of at least 4 members (excludes halogenated alkanes) is 6. The van der Waals surface area contributed by atoms with Crippen LogP contribution in [0.15, 0.2) is 42.5 Å². The van der Waals surface area contributed by atoms with Crippen molar-refractivity contribution in [1.82, 2.24) is 0 Å². The number of rotatable bonds is 20. The van der Waals surface area contributed by atoms with Crippen molar-refractivity contribution in [2.45, 2.75) is 132 Å². The van der Waals surface area contributed by atoms with Crippen LogP contribution in [0.4, 0.5) is 39.5 Å². The van der Waals surface area contributed by atoms with E-state index in [1.807, 2.05) is 18.2 Å². The summed E-state index contributed by atoms with van der Waals surface area (Å²) >= 11 is 0. The zero-order chi connectivity index (χ0) is 37.4. The van der Waals surface area contributed by atoms with Gasteiger partial charge in [0.15, 0.2) is 0 Å². The van der Waals surface area contributed by atoms with Gasteiger partial charge in [-0.1, -0.05) is 76.5 Å². The van der Waals surface area contributed by atoms with Gasteiger partial charge >= 0.3 is 29.9 Å². The molecule has 1 aliphatic heterocycles. The van der Waals surface area contributed by atoms with Crippen LogP contribution in [0, 0.1) is 5.92 Å². The molecule has 50 heavy (non-hydrogen) atoms. The summed E-state index contributed by atoms with van der Waals surface area (Å²) in [6.45, 7) is 2.53. The molecule has 2 aromatic carbocycles. The molecule has 3 atom stereocenters. The van der Waals surface area contributed by atoms with Gasteiger partial charge in [-0.2, -0.15) is 39.5 Å². The molecule has 3 unspecified atom stereocenters. The predicted molar refractivity (Wildman–Crippen MR) is 168 cm³/mol. The SMILES string of the molecule is CCCC1(c2ccc(O)cc2)COc2cc(O)ccc2C1CCCCCCCCCC(CCCC(F)(F)C(F)(F)C(F)(F)C(F)(F)F)C(=O)O. The van der Waals surface area contributed by atoms with Gasteiger partial charge in [0, 0.05) is 23.8 Å². The van der Waals surface area contributed by atoms with E-state index in [1.165, 1.54) is 0 Å². The summed E-state index contributed by atoms with van der Waals surface area (Å²) in [7, 11) is 0. The summed E-state index contributed by atoms with van der Waals surface area (Å²) in [6.07, 6.45) is -2.57. The second kappa shape index (κ2) is 16.8. The summed E-state index contributed by atoms with van der Waals surface area (Å²) < 4.78 is 124. The number of benzene rings is 2. The molecule has 0 saturated carbocycles. The molecular formula is C36H45F9O5. The molecular weight excluding hydrogens is 683 g/mol. The fourth-order valence-corrected chi connectivity index (χ4v) is 7.04. The van der Waals surface area contributed by atoms with Crippen LogP contribution < -0.4 is 4.74 Å². The number of fused-ring (bicyclic) bond motifs is 1. The van der Waals surface area contributed by atoms with E-state index in [4.69, 9.17) is 4.74 Å². The number of aromatic hydroxyl groups is 2. The maximum absolute atomic E-state index is 13.8. The first kappa shape index (κ1) is 41.1. The number of aliphatic carboxylic acids is 1. The van der Waals surface area contributed by atoms with E-state index in [0.717, 1.165) is 62.5 Å². The number of phenolic OH excluding ortho intramolecular Hbond substituents is 2. The van der Waals surface area contributed by atoms with Crippen LogP contribution in [0.5, 0.6) is 17.2 Å². The van der Waals surface area contributed by atoms with Crippen molar-refractivity contribution in [1.29, 1.82) is 0 Å². The number of alkyl halides is 9. The van der Waals surface area contributed by atoms with Crippen molar-refractivity contribution in [2.75, 3.05) is 6.61 Å². The quantitative estimate of drug-likeness (QED) is 0.0933. The van der Waals surface area contributed by atoms with Crippen LogP contribution in [-0.4, -0.2) is 51.8 Å². The highest BCUT2D eigenvalue weighted by Crippen LogP contribution is 2.55. The van der Waals surface area contributed by atoms with E-state index in [0.29, 0.717) is 25.2 Å². The van der Waals surface area contributed by atoms with Gasteiger partial charge in [0.05, 0.1) is 12.5 Å². The highest BCUT2D eigenvalue weighted by Gasteiger charge is 2.81. The zero-order valence-electron chi connectivity index (χ0n) is 27.9. The lowest BCUT2D eigenvalue weighted by Crippen LogP contribution is -2.60. The number of carboxylic acid groups (broad SMARTS) is 1. The van der Waals surface area contributed by atoms with Crippen molar-refractivity contribution >= 4 is 5.97 Å². The lowest BCUT2D eigenvalue weighted by molar-refractivity contribution is -0.396. The lowest BCUT2D eigenvalue weighted by Gasteiger charge is -2.45. The Bertz CT molecular complexity index is 1380. The van der Waals surface area contributed by atoms with Crippen LogP contribution in [0.3, 0.4) is 0 Å². The molecule has 0 aromatic heterocycles. The number of ether oxygens (including phenoxy) is 1. The smallest absolute Gasteiger partial charge is 0.460 e. The van der Waals surface area contributed by atoms with Crippen LogP contribution in [0.2, 0.25) is 0 Å². The van der Waals surface area contributed by atoms with Gasteiger partial charge in [-0.15, -0.1) is 0 Å². The van der Waals surface area contributed by atoms with E-state index in [1.54, 1.807) is 24.3 Å². The van der Waals surface area contributed by atoms with Gasteiger partial charge < -0.3 is 20.1 Å². The summed E-state index contributed by atoms with van der Waals surface area (Å²) in [6, 6.07) is 12.4. The fourth-order valence-electron chi connectivity index (χ4n) is 7.04. The minimum Gasteiger partial charge on any atom is -0.508 e. The fraction of sp³-hybridized carbons (Fsp3) is 0.639. The third-order valence-corrected chi connectivity index (χ3v) is 9.81. The first-order chi connectivity index (χ1) is 23.3. The Morgan fingerprint density at radius 2 is 1.36 bits per heavy atom. The van der Waals surface area contributed by atoms with Gasteiger partial charge in [0.2, 0.25) is 0 Å². The molecule has 3 N–H and O–H groups in total. The summed E-state index contributed by atoms with van der Waals surface area (Å²) in [5.74, 6) is -20.9. The van der Waals surface area contributed by atoms with Gasteiger partial charge in [-0.25, -0.2) is 0 Å². The van der Waals surface area contributed by atoms with E-state index in [-0.39, 0.29) is 29.3 Å². The number of halogens is 9. The zero-order valence-corrected chi connectivity index (χ0v) is 27.9. The maximum atomic E-state index is 13.8. The topological polar surface area (TPSA) is 87.0 Å². The monoisotopic (exact) mass is 728 g/mol. The maximum Gasteiger partial charge on any atom is 0.460 e. The van der Waals surface area contributed by atoms with Crippen LogP contribution in [-0.2, 0) is 10.2 Å². The van der Waals surface area contributed by atoms with Crippen molar-refractivity contribution in [3.05, 3.63) is 53.6 Å². The Morgan fingerprint density at radius 3 is 1.94 bits per heavy atom. The molecule has 0 fully saturated rings. The van der Waals surface area contributed by atoms with E-state index in [9.17, 15) is 59.6 Å². The standard InChI is InChI=1S/C36H45F9O5/c1-2-20-32(25-14-16-26(46)17-15-25)23-50-30-22-27(47)18-19-28(30)29(32)13-9-7-5-3-4-6-8-11-24(31(48)49)12-10-21-33(37,38)34(39,40)35(41,42)36(43,44)45/h14-19,22,24,29,46-47H,2-13,20-21,23H2,1H3,(H,48,49). The predicted octanol–water partition coefficient (Wildman–Crippen LogP) is 11.2. The number of hydrogen-bond acceptors (Lipinski definition) is 4. The highest BCUT2D eigenvalue weighted by atomic mass is 19.4. The first-order valence-electron chi connectivity index (χ1n) is 17.0. The highest BCUT2D eigenvalue weighted by molar-refractivity contribution is 5.69. The number of carbonyl (C=O) groups is 1. The molecule has 282 valence electrons. The Morgan fingerprint density at radius 1 is 0.800 bits per heavy atom. The molecule has 14 heteroatoms. The van der Waals surface area contributed by atoms with Crippen molar-refractivity contribution < 1.29 is 64.4 Å². The van der Waals surface area contributed by atoms with Crippen molar-refractivity contribution in [2.24, 2.45) is 5.92 Å². The average Bonchev–Trinajstić information content (AvgIpc) is 3.03. The molecule has 1 aliphatic rings. The molecule has 0 saturated heterocycles. The number of carboxylic acids is 1. The van der Waals surface area contributed by atoms with Gasteiger partial charge in [-0.3, -0.25) is 4.79 Å². The molecule has 0 bridgehead atoms. The second-order valence-electron chi connectivity index (χ2n) is 13.3. The van der Waals surface area contributed by atoms with Crippen LogP contribution in [0.25, 0.3) is 0 Å². The van der Waals surface area contributed by atoms with E-state index >= 15 is 0 Å². The number of hydrogen-bond donors (Lipinski definition) is 3. The van der Waals surface area contributed by atoms with E-state index in [2.05, 4.69) is 6.92 Å². The third kappa shape index (κ3) is 9.31. The minimum atomic E-state index is -6.95. The van der Waals surface area contributed by atoms with Crippen LogP contribution in [0.1, 0.15) is 114 Å². The molecule has 2 aromatic rings. The van der Waals surface area contributed by atoms with Gasteiger partial charge in [0.1, 0.15) is 17.2 Å². The molecule has 0 radical (unpaired) electrons. The lowest BCUT2D eigenvalue weighted by atomic mass is 9.62. The summed E-state index contributed by atoms with van der Waals surface area (Å²) in [4.78, 5) is 11.6. The molecule has 0 amide bonds. The Labute approximate surface area is 285 Å². The first-order valence-corrected chi connectivity index (χ1v) is 17.0.